The molecule has 0 bridgehead atoms. The zero-order chi connectivity index (χ0) is 17.7. The van der Waals surface area contributed by atoms with Gasteiger partial charge in [-0.05, 0) is 20.3 Å². The Kier molecular flexibility index (Phi) is 6.54. The number of H-pyrrole nitrogens is 1. The summed E-state index contributed by atoms with van der Waals surface area (Å²) in [5.41, 5.74) is -0.895. The lowest BCUT2D eigenvalue weighted by atomic mass is 10.1. The molecule has 24 heavy (non-hydrogen) atoms. The van der Waals surface area contributed by atoms with Crippen molar-refractivity contribution in [2.75, 3.05) is 26.4 Å². The maximum absolute atomic E-state index is 12.6. The predicted octanol–water partition coefficient (Wildman–Crippen LogP) is 0.807. The largest absolute Gasteiger partial charge is 0.333 e. The van der Waals surface area contributed by atoms with Crippen LogP contribution in [-0.4, -0.2) is 53.2 Å². The second-order valence-electron chi connectivity index (χ2n) is 5.55. The number of nitrogens with one attached hydrogen (secondary N) is 1. The molecule has 1 N–H and O–H groups in total. The minimum Gasteiger partial charge on any atom is -0.309 e. The highest BCUT2D eigenvalue weighted by atomic mass is 31.2. The van der Waals surface area contributed by atoms with E-state index in [1.54, 1.807) is 26.0 Å². The summed E-state index contributed by atoms with van der Waals surface area (Å²) in [4.78, 5) is 30.8. The fourth-order valence-electron chi connectivity index (χ4n) is 2.71. The molecule has 1 aliphatic heterocycles. The maximum atomic E-state index is 12.6. The molecule has 9 nitrogen and oxygen atoms in total. The topological polar surface area (TPSA) is 103 Å². The Balaban J connectivity index is 2.02. The van der Waals surface area contributed by atoms with Crippen molar-refractivity contribution in [2.24, 2.45) is 0 Å². The van der Waals surface area contributed by atoms with Gasteiger partial charge in [0.2, 0.25) is 0 Å². The number of nitrogens with zero attached hydrogens (tertiary/aromatic N) is 2. The van der Waals surface area contributed by atoms with Crippen LogP contribution in [0.15, 0.2) is 21.9 Å². The van der Waals surface area contributed by atoms with E-state index in [0.29, 0.717) is 26.2 Å². The standard InChI is InChI=1S/C14H24N3O6P/c1-4-21-24(20,22-5-2)10-12-8-11(16(3)23-12)9-17-7-6-13(18)15-14(17)19/h6-7,11-12H,4-5,8-10H2,1-3H3,(H,15,18,19)/t11-,12-/m0/s1. The highest BCUT2D eigenvalue weighted by Gasteiger charge is 2.37. The van der Waals surface area contributed by atoms with Crippen LogP contribution >= 0.6 is 7.60 Å². The Morgan fingerprint density at radius 1 is 1.33 bits per heavy atom. The van der Waals surface area contributed by atoms with Gasteiger partial charge in [0.1, 0.15) is 0 Å². The Morgan fingerprint density at radius 3 is 2.58 bits per heavy atom. The van der Waals surface area contributed by atoms with Crippen molar-refractivity contribution in [2.45, 2.75) is 39.0 Å². The number of aromatic nitrogens is 2. The molecule has 2 heterocycles. The van der Waals surface area contributed by atoms with E-state index in [4.69, 9.17) is 13.9 Å². The summed E-state index contributed by atoms with van der Waals surface area (Å²) in [7, 11) is -1.43. The average molecular weight is 361 g/mol. The monoisotopic (exact) mass is 361 g/mol. The molecule has 2 rings (SSSR count). The molecule has 1 aromatic heterocycles. The second-order valence-corrected chi connectivity index (χ2v) is 7.66. The van der Waals surface area contributed by atoms with Crippen molar-refractivity contribution < 1.29 is 18.5 Å². The van der Waals surface area contributed by atoms with Crippen molar-refractivity contribution in [1.29, 1.82) is 0 Å². The number of hydrogen-bond donors (Lipinski definition) is 1. The van der Waals surface area contributed by atoms with Gasteiger partial charge in [-0.25, -0.2) is 4.79 Å². The van der Waals surface area contributed by atoms with Crippen LogP contribution in [0, 0.1) is 0 Å². The fraction of sp³-hybridized carbons (Fsp3) is 0.714. The molecular formula is C14H24N3O6P. The van der Waals surface area contributed by atoms with Gasteiger partial charge in [0.25, 0.3) is 5.56 Å². The number of hydrogen-bond acceptors (Lipinski definition) is 7. The van der Waals surface area contributed by atoms with Crippen LogP contribution in [0.4, 0.5) is 0 Å². The number of hydroxylamine groups is 2. The van der Waals surface area contributed by atoms with Gasteiger partial charge in [-0.15, -0.1) is 0 Å². The minimum absolute atomic E-state index is 0.0877. The number of rotatable bonds is 8. The third kappa shape index (κ3) is 4.87. The summed E-state index contributed by atoms with van der Waals surface area (Å²) in [6.07, 6.45) is 1.87. The van der Waals surface area contributed by atoms with Gasteiger partial charge in [-0.3, -0.25) is 23.7 Å². The molecule has 0 radical (unpaired) electrons. The van der Waals surface area contributed by atoms with E-state index >= 15 is 0 Å². The summed E-state index contributed by atoms with van der Waals surface area (Å²) >= 11 is 0. The number of likely N-dealkylation sites (N-methyl/N-ethyl adjacent to an activating group) is 1. The van der Waals surface area contributed by atoms with E-state index in [0.717, 1.165) is 0 Å². The van der Waals surface area contributed by atoms with Crippen LogP contribution in [0.25, 0.3) is 0 Å². The molecule has 0 aromatic carbocycles. The van der Waals surface area contributed by atoms with Crippen molar-refractivity contribution in [3.8, 4) is 0 Å². The average Bonchev–Trinajstić information content (AvgIpc) is 2.81. The molecule has 10 heteroatoms. The van der Waals surface area contributed by atoms with Crippen molar-refractivity contribution >= 4 is 7.60 Å². The van der Waals surface area contributed by atoms with Gasteiger partial charge in [-0.1, -0.05) is 0 Å². The van der Waals surface area contributed by atoms with Crippen LogP contribution in [0.5, 0.6) is 0 Å². The van der Waals surface area contributed by atoms with E-state index < -0.39 is 18.8 Å². The zero-order valence-electron chi connectivity index (χ0n) is 14.1. The lowest BCUT2D eigenvalue weighted by Gasteiger charge is -2.20. The van der Waals surface area contributed by atoms with E-state index in [2.05, 4.69) is 4.98 Å². The molecule has 2 atom stereocenters. The highest BCUT2D eigenvalue weighted by Crippen LogP contribution is 2.50. The van der Waals surface area contributed by atoms with Crippen molar-refractivity contribution in [3.63, 3.8) is 0 Å². The fourth-order valence-corrected chi connectivity index (χ4v) is 4.50. The molecule has 0 amide bonds. The Labute approximate surface area is 140 Å². The number of aromatic amines is 1. The first-order valence-corrected chi connectivity index (χ1v) is 9.67. The predicted molar refractivity (Wildman–Crippen MR) is 88.1 cm³/mol. The van der Waals surface area contributed by atoms with Gasteiger partial charge in [0.15, 0.2) is 0 Å². The second kappa shape index (κ2) is 8.22. The van der Waals surface area contributed by atoms with E-state index in [1.165, 1.54) is 16.8 Å². The molecule has 0 spiro atoms. The smallest absolute Gasteiger partial charge is 0.309 e. The quantitative estimate of drug-likeness (QED) is 0.683. The lowest BCUT2D eigenvalue weighted by molar-refractivity contribution is -0.139. The summed E-state index contributed by atoms with van der Waals surface area (Å²) in [5.74, 6) is 0. The van der Waals surface area contributed by atoms with Crippen molar-refractivity contribution in [3.05, 3.63) is 33.1 Å². The van der Waals surface area contributed by atoms with Crippen LogP contribution in [-0.2, 0) is 25.0 Å². The van der Waals surface area contributed by atoms with Gasteiger partial charge in [-0.2, -0.15) is 5.06 Å². The lowest BCUT2D eigenvalue weighted by Crippen LogP contribution is -2.36. The molecule has 136 valence electrons. The van der Waals surface area contributed by atoms with Crippen LogP contribution < -0.4 is 11.2 Å². The SMILES string of the molecule is CCOP(=O)(C[C@@H]1C[C@@H](Cn2ccc(=O)[nH]c2=O)N(C)O1)OCC. The molecule has 1 saturated heterocycles. The van der Waals surface area contributed by atoms with Crippen LogP contribution in [0.3, 0.4) is 0 Å². The summed E-state index contributed by atoms with van der Waals surface area (Å²) in [6, 6.07) is 1.21. The van der Waals surface area contributed by atoms with Gasteiger partial charge >= 0.3 is 13.3 Å². The summed E-state index contributed by atoms with van der Waals surface area (Å²) < 4.78 is 24.6. The van der Waals surface area contributed by atoms with Gasteiger partial charge < -0.3 is 9.05 Å². The molecule has 0 saturated carbocycles. The Hall–Kier alpha value is -1.25. The molecule has 1 aromatic rings. The summed E-state index contributed by atoms with van der Waals surface area (Å²) in [5, 5.41) is 1.64. The van der Waals surface area contributed by atoms with Crippen molar-refractivity contribution in [1.82, 2.24) is 14.6 Å². The van der Waals surface area contributed by atoms with E-state index in [9.17, 15) is 14.2 Å². The maximum Gasteiger partial charge on any atom is 0.333 e. The molecule has 1 fully saturated rings. The zero-order valence-corrected chi connectivity index (χ0v) is 15.0. The van der Waals surface area contributed by atoms with Crippen LogP contribution in [0.1, 0.15) is 20.3 Å². The molecule has 0 aliphatic carbocycles. The molecule has 1 aliphatic rings. The van der Waals surface area contributed by atoms with E-state index in [1.807, 2.05) is 0 Å². The molecular weight excluding hydrogens is 337 g/mol. The van der Waals surface area contributed by atoms with Gasteiger partial charge in [0, 0.05) is 25.9 Å². The van der Waals surface area contributed by atoms with E-state index in [-0.39, 0.29) is 18.3 Å². The van der Waals surface area contributed by atoms with Gasteiger partial charge in [0.05, 0.1) is 31.5 Å². The normalized spacial score (nSPS) is 22.1. The Bertz CT molecular complexity index is 692. The van der Waals surface area contributed by atoms with Crippen LogP contribution in [0.2, 0.25) is 0 Å². The third-order valence-corrected chi connectivity index (χ3v) is 5.91. The first-order valence-electron chi connectivity index (χ1n) is 7.94. The minimum atomic E-state index is -3.19. The summed E-state index contributed by atoms with van der Waals surface area (Å²) in [6.45, 7) is 4.49. The third-order valence-electron chi connectivity index (χ3n) is 3.75. The first kappa shape index (κ1) is 19.1. The highest BCUT2D eigenvalue weighted by molar-refractivity contribution is 7.53. The first-order chi connectivity index (χ1) is 11.4. The Morgan fingerprint density at radius 2 is 2.00 bits per heavy atom. The molecule has 0 unspecified atom stereocenters.